The van der Waals surface area contributed by atoms with E-state index in [1.54, 1.807) is 13.0 Å². The molecule has 0 aromatic carbocycles. The van der Waals surface area contributed by atoms with Crippen LogP contribution in [0.2, 0.25) is 5.15 Å². The van der Waals surface area contributed by atoms with Gasteiger partial charge in [-0.25, -0.2) is 4.98 Å². The van der Waals surface area contributed by atoms with Gasteiger partial charge < -0.3 is 5.32 Å². The standard InChI is InChI=1S/C11H11ClN2O/c1-3-4-5-13-11(15)9-6-8(2)14-10(12)7-9/h1,6-7H,4-5H2,2H3,(H,13,15). The normalized spacial score (nSPS) is 9.40. The molecule has 3 nitrogen and oxygen atoms in total. The molecule has 78 valence electrons. The van der Waals surface area contributed by atoms with Crippen molar-refractivity contribution < 1.29 is 4.79 Å². The first-order chi connectivity index (χ1) is 7.13. The number of hydrogen-bond acceptors (Lipinski definition) is 2. The van der Waals surface area contributed by atoms with Gasteiger partial charge in [0.1, 0.15) is 5.15 Å². The highest BCUT2D eigenvalue weighted by molar-refractivity contribution is 6.29. The summed E-state index contributed by atoms with van der Waals surface area (Å²) in [6.45, 7) is 2.25. The van der Waals surface area contributed by atoms with E-state index in [1.807, 2.05) is 0 Å². The Morgan fingerprint density at radius 3 is 3.00 bits per heavy atom. The maximum atomic E-state index is 11.6. The van der Waals surface area contributed by atoms with Crippen molar-refractivity contribution in [3.8, 4) is 12.3 Å². The van der Waals surface area contributed by atoms with E-state index < -0.39 is 0 Å². The van der Waals surface area contributed by atoms with Gasteiger partial charge in [0, 0.05) is 24.2 Å². The summed E-state index contributed by atoms with van der Waals surface area (Å²) >= 11 is 5.73. The van der Waals surface area contributed by atoms with E-state index in [2.05, 4.69) is 16.2 Å². The number of carbonyl (C=O) groups excluding carboxylic acids is 1. The molecule has 1 aromatic rings. The van der Waals surface area contributed by atoms with E-state index >= 15 is 0 Å². The molecule has 0 saturated heterocycles. The second kappa shape index (κ2) is 5.38. The van der Waals surface area contributed by atoms with Crippen LogP contribution in [0, 0.1) is 19.3 Å². The number of aromatic nitrogens is 1. The highest BCUT2D eigenvalue weighted by atomic mass is 35.5. The predicted octanol–water partition coefficient (Wildman–Crippen LogP) is 1.80. The molecule has 1 rings (SSSR count). The third-order valence-corrected chi connectivity index (χ3v) is 1.93. The predicted molar refractivity (Wildman–Crippen MR) is 59.8 cm³/mol. The van der Waals surface area contributed by atoms with Crippen LogP contribution in [-0.2, 0) is 0 Å². The van der Waals surface area contributed by atoms with Crippen molar-refractivity contribution in [3.05, 3.63) is 28.5 Å². The Bertz CT molecular complexity index is 389. The minimum Gasteiger partial charge on any atom is -0.351 e. The van der Waals surface area contributed by atoms with Gasteiger partial charge >= 0.3 is 0 Å². The zero-order chi connectivity index (χ0) is 11.3. The molecule has 0 fully saturated rings. The largest absolute Gasteiger partial charge is 0.351 e. The van der Waals surface area contributed by atoms with Crippen molar-refractivity contribution in [2.75, 3.05) is 6.54 Å². The highest BCUT2D eigenvalue weighted by Crippen LogP contribution is 2.10. The molecule has 1 heterocycles. The van der Waals surface area contributed by atoms with Crippen molar-refractivity contribution >= 4 is 17.5 Å². The van der Waals surface area contributed by atoms with Crippen LogP contribution in [0.5, 0.6) is 0 Å². The van der Waals surface area contributed by atoms with Crippen molar-refractivity contribution in [1.82, 2.24) is 10.3 Å². The number of hydrogen-bond donors (Lipinski definition) is 1. The fourth-order valence-electron chi connectivity index (χ4n) is 1.11. The average Bonchev–Trinajstić information content (AvgIpc) is 2.16. The number of nitrogens with zero attached hydrogens (tertiary/aromatic N) is 1. The summed E-state index contributed by atoms with van der Waals surface area (Å²) in [6, 6.07) is 3.21. The van der Waals surface area contributed by atoms with Gasteiger partial charge in [0.15, 0.2) is 0 Å². The number of pyridine rings is 1. The number of rotatable bonds is 3. The molecule has 0 radical (unpaired) electrons. The minimum atomic E-state index is -0.183. The SMILES string of the molecule is C#CCCNC(=O)c1cc(C)nc(Cl)c1. The van der Waals surface area contributed by atoms with Crippen LogP contribution in [0.4, 0.5) is 0 Å². The van der Waals surface area contributed by atoms with Gasteiger partial charge in [-0.05, 0) is 19.1 Å². The highest BCUT2D eigenvalue weighted by Gasteiger charge is 2.06. The second-order valence-corrected chi connectivity index (χ2v) is 3.42. The molecule has 0 aliphatic heterocycles. The van der Waals surface area contributed by atoms with Gasteiger partial charge in [0.25, 0.3) is 5.91 Å². The van der Waals surface area contributed by atoms with Gasteiger partial charge in [-0.3, -0.25) is 4.79 Å². The van der Waals surface area contributed by atoms with Crippen molar-refractivity contribution in [2.45, 2.75) is 13.3 Å². The molecule has 4 heteroatoms. The summed E-state index contributed by atoms with van der Waals surface area (Å²) in [7, 11) is 0. The molecular weight excluding hydrogens is 212 g/mol. The molecule has 0 aliphatic rings. The first kappa shape index (κ1) is 11.5. The summed E-state index contributed by atoms with van der Waals surface area (Å²) in [5, 5.41) is 3.00. The van der Waals surface area contributed by atoms with Crippen LogP contribution < -0.4 is 5.32 Å². The Hall–Kier alpha value is -1.53. The molecule has 0 unspecified atom stereocenters. The van der Waals surface area contributed by atoms with Gasteiger partial charge in [-0.15, -0.1) is 12.3 Å². The minimum absolute atomic E-state index is 0.183. The second-order valence-electron chi connectivity index (χ2n) is 3.03. The van der Waals surface area contributed by atoms with Crippen LogP contribution in [0.25, 0.3) is 0 Å². The number of amides is 1. The summed E-state index contributed by atoms with van der Waals surface area (Å²) in [4.78, 5) is 15.5. The molecular formula is C11H11ClN2O. The third kappa shape index (κ3) is 3.61. The van der Waals surface area contributed by atoms with Crippen LogP contribution in [0.3, 0.4) is 0 Å². The lowest BCUT2D eigenvalue weighted by Crippen LogP contribution is -2.24. The Kier molecular flexibility index (Phi) is 4.14. The maximum absolute atomic E-state index is 11.6. The lowest BCUT2D eigenvalue weighted by atomic mass is 10.2. The average molecular weight is 223 g/mol. The Labute approximate surface area is 93.9 Å². The molecule has 1 N–H and O–H groups in total. The fourth-order valence-corrected chi connectivity index (χ4v) is 1.36. The van der Waals surface area contributed by atoms with E-state index in [0.29, 0.717) is 29.4 Å². The van der Waals surface area contributed by atoms with Gasteiger partial charge in [0.05, 0.1) is 0 Å². The summed E-state index contributed by atoms with van der Waals surface area (Å²) in [5.74, 6) is 2.26. The molecule has 15 heavy (non-hydrogen) atoms. The first-order valence-electron chi connectivity index (χ1n) is 4.49. The smallest absolute Gasteiger partial charge is 0.251 e. The van der Waals surface area contributed by atoms with E-state index in [0.717, 1.165) is 0 Å². The van der Waals surface area contributed by atoms with Gasteiger partial charge in [-0.2, -0.15) is 0 Å². The van der Waals surface area contributed by atoms with Crippen molar-refractivity contribution in [1.29, 1.82) is 0 Å². The molecule has 0 spiro atoms. The molecule has 0 aliphatic carbocycles. The summed E-state index contributed by atoms with van der Waals surface area (Å²) in [6.07, 6.45) is 5.59. The monoisotopic (exact) mass is 222 g/mol. The molecule has 1 amide bonds. The van der Waals surface area contributed by atoms with Crippen molar-refractivity contribution in [2.24, 2.45) is 0 Å². The number of terminal acetylenes is 1. The Balaban J connectivity index is 2.70. The summed E-state index contributed by atoms with van der Waals surface area (Å²) < 4.78 is 0. The lowest BCUT2D eigenvalue weighted by Gasteiger charge is -2.04. The van der Waals surface area contributed by atoms with Crippen LogP contribution in [0.15, 0.2) is 12.1 Å². The third-order valence-electron chi connectivity index (χ3n) is 1.74. The zero-order valence-electron chi connectivity index (χ0n) is 8.38. The van der Waals surface area contributed by atoms with Crippen LogP contribution in [-0.4, -0.2) is 17.4 Å². The number of carbonyl (C=O) groups is 1. The molecule has 0 saturated carbocycles. The van der Waals surface area contributed by atoms with Crippen LogP contribution in [0.1, 0.15) is 22.5 Å². The summed E-state index contributed by atoms with van der Waals surface area (Å²) in [5.41, 5.74) is 1.22. The van der Waals surface area contributed by atoms with E-state index in [1.165, 1.54) is 6.07 Å². The number of halogens is 1. The maximum Gasteiger partial charge on any atom is 0.251 e. The number of nitrogens with one attached hydrogen (secondary N) is 1. The Morgan fingerprint density at radius 2 is 2.40 bits per heavy atom. The van der Waals surface area contributed by atoms with Gasteiger partial charge in [0.2, 0.25) is 0 Å². The molecule has 1 aromatic heterocycles. The van der Waals surface area contributed by atoms with Crippen LogP contribution >= 0.6 is 11.6 Å². The molecule has 0 atom stereocenters. The fraction of sp³-hybridized carbons (Fsp3) is 0.273. The van der Waals surface area contributed by atoms with E-state index in [-0.39, 0.29) is 5.91 Å². The topological polar surface area (TPSA) is 42.0 Å². The van der Waals surface area contributed by atoms with Gasteiger partial charge in [-0.1, -0.05) is 11.6 Å². The van der Waals surface area contributed by atoms with E-state index in [4.69, 9.17) is 18.0 Å². The quantitative estimate of drug-likeness (QED) is 0.481. The number of aryl methyl sites for hydroxylation is 1. The first-order valence-corrected chi connectivity index (χ1v) is 4.87. The Morgan fingerprint density at radius 1 is 1.67 bits per heavy atom. The van der Waals surface area contributed by atoms with E-state index in [9.17, 15) is 4.79 Å². The zero-order valence-corrected chi connectivity index (χ0v) is 9.14. The molecule has 0 bridgehead atoms. The lowest BCUT2D eigenvalue weighted by molar-refractivity contribution is 0.0954. The van der Waals surface area contributed by atoms with Crippen molar-refractivity contribution in [3.63, 3.8) is 0 Å².